The minimum Gasteiger partial charge on any atom is -0.242 e. The van der Waals surface area contributed by atoms with Crippen LogP contribution in [-0.4, -0.2) is 12.4 Å². The molecule has 1 aliphatic rings. The van der Waals surface area contributed by atoms with Gasteiger partial charge in [-0.15, -0.1) is 11.8 Å². The van der Waals surface area contributed by atoms with Crippen molar-refractivity contribution >= 4 is 11.8 Å². The quantitative estimate of drug-likeness (QED) is 0.571. The lowest BCUT2D eigenvalue weighted by Crippen LogP contribution is -2.01. The van der Waals surface area contributed by atoms with Gasteiger partial charge in [-0.25, -0.2) is 8.78 Å². The molecular weight excluding hydrogens is 154 g/mol. The number of halogens is 2. The molecule has 1 atom stereocenters. The number of alkyl halides is 1. The van der Waals surface area contributed by atoms with Crippen LogP contribution < -0.4 is 0 Å². The molecule has 10 heavy (non-hydrogen) atoms. The molecule has 3 heteroatoms. The second-order valence-electron chi connectivity index (χ2n) is 2.09. The van der Waals surface area contributed by atoms with Crippen molar-refractivity contribution in [3.63, 3.8) is 0 Å². The van der Waals surface area contributed by atoms with Crippen molar-refractivity contribution in [2.75, 3.05) is 6.26 Å². The Kier molecular flexibility index (Phi) is 2.49. The van der Waals surface area contributed by atoms with Gasteiger partial charge in [-0.2, -0.15) is 0 Å². The van der Waals surface area contributed by atoms with Crippen LogP contribution >= 0.6 is 11.8 Å². The number of thioether (sulfide) groups is 1. The standard InChI is InChI=1S/C7H8F2S/c1-10-7-3-5(8)2-6(9)4-7/h2-3,6H,4H2,1H3. The summed E-state index contributed by atoms with van der Waals surface area (Å²) >= 11 is 1.39. The van der Waals surface area contributed by atoms with Gasteiger partial charge in [0.05, 0.1) is 0 Å². The second-order valence-corrected chi connectivity index (χ2v) is 3.02. The molecule has 56 valence electrons. The van der Waals surface area contributed by atoms with E-state index in [4.69, 9.17) is 0 Å². The Labute approximate surface area is 63.0 Å². The topological polar surface area (TPSA) is 0 Å². The Hall–Kier alpha value is -0.310. The van der Waals surface area contributed by atoms with Crippen LogP contribution in [0.4, 0.5) is 8.78 Å². The molecule has 0 N–H and O–H groups in total. The van der Waals surface area contributed by atoms with E-state index in [1.807, 2.05) is 6.26 Å². The number of hydrogen-bond donors (Lipinski definition) is 0. The summed E-state index contributed by atoms with van der Waals surface area (Å²) in [6.45, 7) is 0. The SMILES string of the molecule is CSC1=CC(F)=CC(F)C1. The molecular formula is C7H8F2S. The smallest absolute Gasteiger partial charge is 0.126 e. The molecule has 0 aromatic rings. The van der Waals surface area contributed by atoms with Crippen molar-refractivity contribution in [2.24, 2.45) is 0 Å². The fraction of sp³-hybridized carbons (Fsp3) is 0.429. The lowest BCUT2D eigenvalue weighted by Gasteiger charge is -2.09. The second kappa shape index (κ2) is 3.19. The number of allylic oxidation sites excluding steroid dienone is 4. The van der Waals surface area contributed by atoms with E-state index < -0.39 is 12.0 Å². The van der Waals surface area contributed by atoms with Gasteiger partial charge < -0.3 is 0 Å². The Morgan fingerprint density at radius 2 is 2.40 bits per heavy atom. The minimum atomic E-state index is -1.13. The third-order valence-electron chi connectivity index (χ3n) is 1.30. The van der Waals surface area contributed by atoms with Gasteiger partial charge in [-0.05, 0) is 23.3 Å². The summed E-state index contributed by atoms with van der Waals surface area (Å²) in [7, 11) is 0. The van der Waals surface area contributed by atoms with Crippen LogP contribution in [0.15, 0.2) is 22.9 Å². The van der Waals surface area contributed by atoms with Gasteiger partial charge in [-0.3, -0.25) is 0 Å². The first-order valence-corrected chi connectivity index (χ1v) is 4.21. The molecule has 0 fully saturated rings. The minimum absolute atomic E-state index is 0.328. The van der Waals surface area contributed by atoms with E-state index in [-0.39, 0.29) is 0 Å². The predicted octanol–water partition coefficient (Wildman–Crippen LogP) is 2.83. The van der Waals surface area contributed by atoms with Crippen molar-refractivity contribution in [2.45, 2.75) is 12.6 Å². The molecule has 0 nitrogen and oxygen atoms in total. The summed E-state index contributed by atoms with van der Waals surface area (Å²) in [6, 6.07) is 0. The highest BCUT2D eigenvalue weighted by molar-refractivity contribution is 8.02. The molecule has 0 amide bonds. The molecule has 0 aromatic heterocycles. The monoisotopic (exact) mass is 162 g/mol. The fourth-order valence-electron chi connectivity index (χ4n) is 0.827. The summed E-state index contributed by atoms with van der Waals surface area (Å²) in [6.07, 6.45) is 3.39. The third kappa shape index (κ3) is 1.84. The zero-order chi connectivity index (χ0) is 7.56. The molecule has 0 saturated heterocycles. The summed E-state index contributed by atoms with van der Waals surface area (Å²) in [5.74, 6) is -0.455. The van der Waals surface area contributed by atoms with Crippen molar-refractivity contribution in [1.82, 2.24) is 0 Å². The Bertz CT molecular complexity index is 184. The highest BCUT2D eigenvalue weighted by atomic mass is 32.2. The van der Waals surface area contributed by atoms with Crippen molar-refractivity contribution < 1.29 is 8.78 Å². The molecule has 0 heterocycles. The molecule has 0 spiro atoms. The van der Waals surface area contributed by atoms with Crippen LogP contribution in [0.1, 0.15) is 6.42 Å². The summed E-state index contributed by atoms with van der Waals surface area (Å²) < 4.78 is 24.9. The van der Waals surface area contributed by atoms with Gasteiger partial charge in [0.1, 0.15) is 12.0 Å². The maximum Gasteiger partial charge on any atom is 0.126 e. The maximum absolute atomic E-state index is 12.5. The van der Waals surface area contributed by atoms with Gasteiger partial charge in [0.15, 0.2) is 0 Å². The Morgan fingerprint density at radius 1 is 1.70 bits per heavy atom. The molecule has 0 saturated carbocycles. The average molecular weight is 162 g/mol. The van der Waals surface area contributed by atoms with Crippen LogP contribution in [0.5, 0.6) is 0 Å². The molecule has 1 aliphatic carbocycles. The van der Waals surface area contributed by atoms with Crippen LogP contribution in [0.3, 0.4) is 0 Å². The predicted molar refractivity (Wildman–Crippen MR) is 40.3 cm³/mol. The van der Waals surface area contributed by atoms with Gasteiger partial charge in [0, 0.05) is 6.42 Å². The first-order valence-electron chi connectivity index (χ1n) is 2.98. The van der Waals surface area contributed by atoms with Crippen molar-refractivity contribution in [1.29, 1.82) is 0 Å². The maximum atomic E-state index is 12.5. The van der Waals surface area contributed by atoms with E-state index in [1.165, 1.54) is 17.8 Å². The number of rotatable bonds is 1. The highest BCUT2D eigenvalue weighted by Crippen LogP contribution is 2.27. The van der Waals surface area contributed by atoms with Gasteiger partial charge in [-0.1, -0.05) is 0 Å². The van der Waals surface area contributed by atoms with E-state index in [9.17, 15) is 8.78 Å². The molecule has 0 aromatic carbocycles. The lowest BCUT2D eigenvalue weighted by molar-refractivity contribution is 0.391. The molecule has 1 rings (SSSR count). The highest BCUT2D eigenvalue weighted by Gasteiger charge is 2.12. The van der Waals surface area contributed by atoms with E-state index in [0.29, 0.717) is 6.42 Å². The summed E-state index contributed by atoms with van der Waals surface area (Å²) in [4.78, 5) is 0.771. The molecule has 0 radical (unpaired) electrons. The van der Waals surface area contributed by atoms with E-state index in [0.717, 1.165) is 11.0 Å². The summed E-state index contributed by atoms with van der Waals surface area (Å²) in [5.41, 5.74) is 0. The van der Waals surface area contributed by atoms with Crippen molar-refractivity contribution in [3.8, 4) is 0 Å². The van der Waals surface area contributed by atoms with Crippen LogP contribution in [0, 0.1) is 0 Å². The Balaban J connectivity index is 2.70. The van der Waals surface area contributed by atoms with Gasteiger partial charge >= 0.3 is 0 Å². The molecule has 0 aliphatic heterocycles. The fourth-order valence-corrected chi connectivity index (χ4v) is 1.38. The van der Waals surface area contributed by atoms with Gasteiger partial charge in [0.25, 0.3) is 0 Å². The average Bonchev–Trinajstić information content (AvgIpc) is 1.85. The van der Waals surface area contributed by atoms with Crippen LogP contribution in [0.25, 0.3) is 0 Å². The van der Waals surface area contributed by atoms with Gasteiger partial charge in [0.2, 0.25) is 0 Å². The molecule has 1 unspecified atom stereocenters. The third-order valence-corrected chi connectivity index (χ3v) is 2.11. The lowest BCUT2D eigenvalue weighted by atomic mass is 10.1. The normalized spacial score (nSPS) is 25.7. The van der Waals surface area contributed by atoms with E-state index in [1.54, 1.807) is 0 Å². The zero-order valence-corrected chi connectivity index (χ0v) is 6.42. The Morgan fingerprint density at radius 3 is 2.90 bits per heavy atom. The largest absolute Gasteiger partial charge is 0.242 e. The zero-order valence-electron chi connectivity index (χ0n) is 5.60. The molecule has 0 bridgehead atoms. The van der Waals surface area contributed by atoms with Crippen molar-refractivity contribution in [3.05, 3.63) is 22.9 Å². The first kappa shape index (κ1) is 7.79. The first-order chi connectivity index (χ1) is 4.72. The van der Waals surface area contributed by atoms with Crippen LogP contribution in [-0.2, 0) is 0 Å². The summed E-state index contributed by atoms with van der Waals surface area (Å²) in [5, 5.41) is 0. The van der Waals surface area contributed by atoms with E-state index in [2.05, 4.69) is 0 Å². The number of hydrogen-bond acceptors (Lipinski definition) is 1. The van der Waals surface area contributed by atoms with Crippen LogP contribution in [0.2, 0.25) is 0 Å². The van der Waals surface area contributed by atoms with E-state index >= 15 is 0 Å².